The molecule has 0 aliphatic carbocycles. The molecule has 0 unspecified atom stereocenters. The summed E-state index contributed by atoms with van der Waals surface area (Å²) in [5, 5.41) is 2.88. The van der Waals surface area contributed by atoms with Crippen LogP contribution >= 0.6 is 0 Å². The van der Waals surface area contributed by atoms with Gasteiger partial charge in [-0.15, -0.1) is 0 Å². The molecule has 1 atom stereocenters. The normalized spacial score (nSPS) is 12.9. The van der Waals surface area contributed by atoms with E-state index in [1.807, 2.05) is 51.1 Å². The largest absolute Gasteiger partial charge is 0.458 e. The van der Waals surface area contributed by atoms with E-state index in [2.05, 4.69) is 32.9 Å². The lowest BCUT2D eigenvalue weighted by Gasteiger charge is -2.31. The Labute approximate surface area is 183 Å². The molecule has 0 radical (unpaired) electrons. The molecule has 5 heteroatoms. The minimum atomic E-state index is -0.730. The van der Waals surface area contributed by atoms with E-state index in [-0.39, 0.29) is 12.3 Å². The number of rotatable bonds is 12. The number of unbranched alkanes of at least 4 members (excludes halogenated alkanes) is 3. The fourth-order valence-corrected chi connectivity index (χ4v) is 3.15. The van der Waals surface area contributed by atoms with E-state index in [1.165, 1.54) is 19.3 Å². The molecule has 0 bridgehead atoms. The van der Waals surface area contributed by atoms with Gasteiger partial charge in [-0.2, -0.15) is 0 Å². The molecule has 0 aromatic heterocycles. The number of nitrogens with zero attached hydrogens (tertiary/aromatic N) is 1. The SMILES string of the molecule is C=C(CC(=O)N[C@@H](Cc1ccccc1)C(=O)OC(C)(C)C)[N+](C)(C)CCCCCC. The van der Waals surface area contributed by atoms with Gasteiger partial charge in [0.1, 0.15) is 23.8 Å². The molecule has 0 fully saturated rings. The summed E-state index contributed by atoms with van der Waals surface area (Å²) in [4.78, 5) is 25.5. The van der Waals surface area contributed by atoms with Crippen molar-refractivity contribution in [3.8, 4) is 0 Å². The van der Waals surface area contributed by atoms with Gasteiger partial charge in [0.05, 0.1) is 20.6 Å². The first kappa shape index (κ1) is 25.9. The van der Waals surface area contributed by atoms with E-state index < -0.39 is 17.6 Å². The van der Waals surface area contributed by atoms with Gasteiger partial charge in [0, 0.05) is 6.42 Å². The van der Waals surface area contributed by atoms with E-state index >= 15 is 0 Å². The second-order valence-electron chi connectivity index (χ2n) is 9.56. The second-order valence-corrected chi connectivity index (χ2v) is 9.56. The summed E-state index contributed by atoms with van der Waals surface area (Å²) in [5.74, 6) is -0.620. The Kier molecular flexibility index (Phi) is 10.3. The van der Waals surface area contributed by atoms with Gasteiger partial charge in [-0.05, 0) is 45.8 Å². The Morgan fingerprint density at radius 2 is 1.73 bits per heavy atom. The van der Waals surface area contributed by atoms with Gasteiger partial charge < -0.3 is 10.1 Å². The number of benzene rings is 1. The number of amides is 1. The van der Waals surface area contributed by atoms with E-state index in [4.69, 9.17) is 4.74 Å². The molecule has 1 aromatic rings. The Bertz CT molecular complexity index is 690. The quantitative estimate of drug-likeness (QED) is 0.307. The molecule has 0 aliphatic rings. The molecule has 0 aliphatic heterocycles. The average molecular weight is 418 g/mol. The third-order valence-electron chi connectivity index (χ3n) is 5.10. The van der Waals surface area contributed by atoms with Gasteiger partial charge >= 0.3 is 5.97 Å². The van der Waals surface area contributed by atoms with Crippen molar-refractivity contribution >= 4 is 11.9 Å². The average Bonchev–Trinajstić information content (AvgIpc) is 2.64. The maximum Gasteiger partial charge on any atom is 0.329 e. The van der Waals surface area contributed by atoms with Crippen LogP contribution in [0.25, 0.3) is 0 Å². The summed E-state index contributed by atoms with van der Waals surface area (Å²) in [7, 11) is 4.16. The summed E-state index contributed by atoms with van der Waals surface area (Å²) >= 11 is 0. The van der Waals surface area contributed by atoms with Gasteiger partial charge in [0.2, 0.25) is 5.91 Å². The molecule has 30 heavy (non-hydrogen) atoms. The number of hydrogen-bond donors (Lipinski definition) is 1. The van der Waals surface area contributed by atoms with Crippen LogP contribution in [0, 0.1) is 0 Å². The van der Waals surface area contributed by atoms with Crippen LogP contribution in [-0.4, -0.2) is 48.6 Å². The zero-order chi connectivity index (χ0) is 22.8. The first-order valence-electron chi connectivity index (χ1n) is 11.0. The van der Waals surface area contributed by atoms with Crippen molar-refractivity contribution in [3.05, 3.63) is 48.2 Å². The Hall–Kier alpha value is -2.14. The number of nitrogens with one attached hydrogen (secondary N) is 1. The molecule has 5 nitrogen and oxygen atoms in total. The molecule has 0 spiro atoms. The van der Waals surface area contributed by atoms with Crippen molar-refractivity contribution in [3.63, 3.8) is 0 Å². The fraction of sp³-hybridized carbons (Fsp3) is 0.600. The van der Waals surface area contributed by atoms with Gasteiger partial charge in [-0.1, -0.05) is 50.1 Å². The maximum absolute atomic E-state index is 12.8. The summed E-state index contributed by atoms with van der Waals surface area (Å²) in [6.45, 7) is 12.8. The highest BCUT2D eigenvalue weighted by atomic mass is 16.6. The zero-order valence-corrected chi connectivity index (χ0v) is 19.8. The molecule has 0 heterocycles. The lowest BCUT2D eigenvalue weighted by Crippen LogP contribution is -2.47. The molecular formula is C25H41N2O3+. The first-order chi connectivity index (χ1) is 13.9. The Morgan fingerprint density at radius 3 is 2.30 bits per heavy atom. The second kappa shape index (κ2) is 11.9. The Balaban J connectivity index is 2.76. The number of quaternary nitrogens is 1. The molecule has 1 rings (SSSR count). The number of hydrogen-bond acceptors (Lipinski definition) is 3. The third kappa shape index (κ3) is 10.1. The van der Waals surface area contributed by atoms with Gasteiger partial charge in [0.15, 0.2) is 0 Å². The monoisotopic (exact) mass is 417 g/mol. The van der Waals surface area contributed by atoms with E-state index in [1.54, 1.807) is 0 Å². The lowest BCUT2D eigenvalue weighted by molar-refractivity contribution is -0.853. The Morgan fingerprint density at radius 1 is 1.10 bits per heavy atom. The lowest BCUT2D eigenvalue weighted by atomic mass is 10.0. The van der Waals surface area contributed by atoms with E-state index in [9.17, 15) is 9.59 Å². The zero-order valence-electron chi connectivity index (χ0n) is 19.8. The topological polar surface area (TPSA) is 55.4 Å². The maximum atomic E-state index is 12.8. The standard InChI is InChI=1S/C25H40N2O3/c1-8-9-10-14-17-27(6,7)20(2)18-23(28)26-22(24(29)30-25(3,4)5)19-21-15-12-11-13-16-21/h11-13,15-16,22H,2,8-10,14,17-19H2,1,3-7H3/p+1/t22-/m0/s1. The van der Waals surface area contributed by atoms with Crippen molar-refractivity contribution in [2.24, 2.45) is 0 Å². The summed E-state index contributed by atoms with van der Waals surface area (Å²) < 4.78 is 6.15. The van der Waals surface area contributed by atoms with E-state index in [0.29, 0.717) is 10.9 Å². The van der Waals surface area contributed by atoms with E-state index in [0.717, 1.165) is 24.2 Å². The van der Waals surface area contributed by atoms with Crippen LogP contribution in [0.2, 0.25) is 0 Å². The number of ether oxygens (including phenoxy) is 1. The van der Waals surface area contributed by atoms with Gasteiger partial charge in [0.25, 0.3) is 0 Å². The van der Waals surface area contributed by atoms with Crippen molar-refractivity contribution in [2.75, 3.05) is 20.6 Å². The minimum absolute atomic E-state index is 0.189. The summed E-state index contributed by atoms with van der Waals surface area (Å²) in [5.41, 5.74) is 1.20. The molecular weight excluding hydrogens is 376 g/mol. The third-order valence-corrected chi connectivity index (χ3v) is 5.10. The van der Waals surface area contributed by atoms with Crippen molar-refractivity contribution in [1.29, 1.82) is 0 Å². The fourth-order valence-electron chi connectivity index (χ4n) is 3.15. The molecule has 1 aromatic carbocycles. The van der Waals surface area contributed by atoms with Crippen molar-refractivity contribution in [2.45, 2.75) is 77.9 Å². The predicted octanol–water partition coefficient (Wildman–Crippen LogP) is 4.62. The van der Waals surface area contributed by atoms with Crippen LogP contribution in [0.3, 0.4) is 0 Å². The van der Waals surface area contributed by atoms with Crippen LogP contribution < -0.4 is 5.32 Å². The minimum Gasteiger partial charge on any atom is -0.458 e. The van der Waals surface area contributed by atoms with Crippen LogP contribution in [0.4, 0.5) is 0 Å². The highest BCUT2D eigenvalue weighted by Crippen LogP contribution is 2.17. The van der Waals surface area contributed by atoms with Crippen LogP contribution in [0.15, 0.2) is 42.6 Å². The van der Waals surface area contributed by atoms with Crippen molar-refractivity contribution in [1.82, 2.24) is 5.32 Å². The molecule has 168 valence electrons. The van der Waals surface area contributed by atoms with Gasteiger partial charge in [-0.25, -0.2) is 4.79 Å². The van der Waals surface area contributed by atoms with Crippen molar-refractivity contribution < 1.29 is 18.8 Å². The highest BCUT2D eigenvalue weighted by molar-refractivity contribution is 5.85. The van der Waals surface area contributed by atoms with Crippen LogP contribution in [-0.2, 0) is 20.7 Å². The molecule has 1 N–H and O–H groups in total. The summed E-state index contributed by atoms with van der Waals surface area (Å²) in [6.07, 6.45) is 5.30. The predicted molar refractivity (Wildman–Crippen MR) is 123 cm³/mol. The van der Waals surface area contributed by atoms with Crippen LogP contribution in [0.5, 0.6) is 0 Å². The number of carbonyl (C=O) groups is 2. The summed E-state index contributed by atoms with van der Waals surface area (Å²) in [6, 6.07) is 8.92. The molecule has 0 saturated heterocycles. The highest BCUT2D eigenvalue weighted by Gasteiger charge is 2.29. The number of esters is 1. The smallest absolute Gasteiger partial charge is 0.329 e. The van der Waals surface area contributed by atoms with Gasteiger partial charge in [-0.3, -0.25) is 9.28 Å². The number of carbonyl (C=O) groups excluding carboxylic acids is 2. The van der Waals surface area contributed by atoms with Crippen LogP contribution in [0.1, 0.15) is 65.4 Å². The molecule has 0 saturated carbocycles. The molecule has 1 amide bonds. The first-order valence-corrected chi connectivity index (χ1v) is 11.0.